The summed E-state index contributed by atoms with van der Waals surface area (Å²) in [6.07, 6.45) is -0.0711. The van der Waals surface area contributed by atoms with Crippen molar-refractivity contribution in [1.82, 2.24) is 5.32 Å². The third-order valence-corrected chi connectivity index (χ3v) is 3.84. The van der Waals surface area contributed by atoms with E-state index in [9.17, 15) is 14.3 Å². The fraction of sp³-hybridized carbons (Fsp3) is 0.278. The topological polar surface area (TPSA) is 70.6 Å². The highest BCUT2D eigenvalue weighted by atomic mass is 35.5. The maximum Gasteiger partial charge on any atom is 0.241 e. The summed E-state index contributed by atoms with van der Waals surface area (Å²) < 4.78 is 18.5. The zero-order valence-electron chi connectivity index (χ0n) is 13.4. The first-order chi connectivity index (χ1) is 11.6. The van der Waals surface area contributed by atoms with Crippen LogP contribution in [0.5, 0.6) is 5.75 Å². The largest absolute Gasteiger partial charge is 0.489 e. The second-order valence-corrected chi connectivity index (χ2v) is 5.78. The highest BCUT2D eigenvalue weighted by Crippen LogP contribution is 2.19. The van der Waals surface area contributed by atoms with E-state index in [1.807, 2.05) is 0 Å². The lowest BCUT2D eigenvalue weighted by Gasteiger charge is -2.12. The lowest BCUT2D eigenvalue weighted by atomic mass is 10.2. The average molecular weight is 367 g/mol. The molecule has 7 heteroatoms. The van der Waals surface area contributed by atoms with Crippen LogP contribution in [0, 0.1) is 5.82 Å². The Morgan fingerprint density at radius 1 is 1.28 bits per heavy atom. The first kappa shape index (κ1) is 19.2. The summed E-state index contributed by atoms with van der Waals surface area (Å²) in [7, 11) is 0. The van der Waals surface area contributed by atoms with Gasteiger partial charge in [-0.15, -0.1) is 12.4 Å². The lowest BCUT2D eigenvalue weighted by molar-refractivity contribution is -0.117. The van der Waals surface area contributed by atoms with Crippen molar-refractivity contribution in [2.45, 2.75) is 25.2 Å². The standard InChI is InChI=1S/C18H19FN2O3.ClH/c19-13-6-4-12(5-7-13)11-24-16-3-1-2-14(8-16)21-18(23)17-9-15(22)10-20-17;/h1-8,15,17,20,22H,9-11H2,(H,21,23);1H. The molecule has 2 aromatic rings. The van der Waals surface area contributed by atoms with Gasteiger partial charge in [0.1, 0.15) is 18.2 Å². The first-order valence-electron chi connectivity index (χ1n) is 7.80. The van der Waals surface area contributed by atoms with Gasteiger partial charge in [-0.1, -0.05) is 18.2 Å². The summed E-state index contributed by atoms with van der Waals surface area (Å²) in [6.45, 7) is 0.743. The van der Waals surface area contributed by atoms with Crippen LogP contribution < -0.4 is 15.4 Å². The van der Waals surface area contributed by atoms with Crippen molar-refractivity contribution < 1.29 is 19.0 Å². The van der Waals surface area contributed by atoms with Crippen molar-refractivity contribution in [3.63, 3.8) is 0 Å². The third kappa shape index (κ3) is 5.42. The molecule has 3 rings (SSSR count). The van der Waals surface area contributed by atoms with Gasteiger partial charge in [0.25, 0.3) is 0 Å². The Hall–Kier alpha value is -2.15. The molecule has 1 aliphatic heterocycles. The monoisotopic (exact) mass is 366 g/mol. The van der Waals surface area contributed by atoms with Crippen molar-refractivity contribution >= 4 is 24.0 Å². The van der Waals surface area contributed by atoms with Crippen molar-refractivity contribution in [3.05, 3.63) is 59.9 Å². The maximum atomic E-state index is 12.9. The van der Waals surface area contributed by atoms with E-state index in [0.717, 1.165) is 5.56 Å². The number of anilines is 1. The molecule has 3 N–H and O–H groups in total. The smallest absolute Gasteiger partial charge is 0.241 e. The molecule has 1 fully saturated rings. The molecule has 0 aromatic heterocycles. The second-order valence-electron chi connectivity index (χ2n) is 5.78. The van der Waals surface area contributed by atoms with Crippen LogP contribution >= 0.6 is 12.4 Å². The normalized spacial score (nSPS) is 19.1. The molecule has 1 saturated heterocycles. The van der Waals surface area contributed by atoms with Crippen molar-refractivity contribution in [3.8, 4) is 5.75 Å². The molecule has 1 heterocycles. The van der Waals surface area contributed by atoms with Gasteiger partial charge >= 0.3 is 0 Å². The quantitative estimate of drug-likeness (QED) is 0.760. The molecule has 0 saturated carbocycles. The molecule has 0 radical (unpaired) electrons. The minimum atomic E-state index is -0.480. The Labute approximate surface area is 151 Å². The van der Waals surface area contributed by atoms with Gasteiger partial charge < -0.3 is 20.5 Å². The highest BCUT2D eigenvalue weighted by molar-refractivity contribution is 5.95. The Kier molecular flexibility index (Phi) is 6.75. The molecule has 2 unspecified atom stereocenters. The Balaban J connectivity index is 0.00000225. The molecule has 2 atom stereocenters. The summed E-state index contributed by atoms with van der Waals surface area (Å²) in [5, 5.41) is 15.2. The van der Waals surface area contributed by atoms with Crippen LogP contribution in [0.15, 0.2) is 48.5 Å². The molecule has 134 valence electrons. The second kappa shape index (κ2) is 8.80. The van der Waals surface area contributed by atoms with E-state index in [0.29, 0.717) is 31.0 Å². The molecular weight excluding hydrogens is 347 g/mol. The van der Waals surface area contributed by atoms with E-state index in [4.69, 9.17) is 4.74 Å². The molecule has 1 amide bonds. The average Bonchev–Trinajstić information content (AvgIpc) is 3.01. The zero-order chi connectivity index (χ0) is 16.9. The van der Waals surface area contributed by atoms with Gasteiger partial charge in [-0.3, -0.25) is 4.79 Å². The predicted octanol–water partition coefficient (Wildman–Crippen LogP) is 2.49. The van der Waals surface area contributed by atoms with E-state index in [1.165, 1.54) is 12.1 Å². The van der Waals surface area contributed by atoms with Crippen molar-refractivity contribution in [2.75, 3.05) is 11.9 Å². The summed E-state index contributed by atoms with van der Waals surface area (Å²) in [4.78, 5) is 12.1. The fourth-order valence-electron chi connectivity index (χ4n) is 2.56. The third-order valence-electron chi connectivity index (χ3n) is 3.84. The lowest BCUT2D eigenvalue weighted by Crippen LogP contribution is -2.35. The van der Waals surface area contributed by atoms with E-state index < -0.39 is 6.10 Å². The Morgan fingerprint density at radius 2 is 2.04 bits per heavy atom. The van der Waals surface area contributed by atoms with Crippen LogP contribution in [0.1, 0.15) is 12.0 Å². The number of aliphatic hydroxyl groups excluding tert-OH is 1. The number of hydrogen-bond donors (Lipinski definition) is 3. The van der Waals surface area contributed by atoms with E-state index in [2.05, 4.69) is 10.6 Å². The Bertz CT molecular complexity index is 712. The minimum Gasteiger partial charge on any atom is -0.489 e. The molecular formula is C18H20ClFN2O3. The SMILES string of the molecule is Cl.O=C(Nc1cccc(OCc2ccc(F)cc2)c1)C1CC(O)CN1. The number of ether oxygens (including phenoxy) is 1. The van der Waals surface area contributed by atoms with Crippen LogP contribution in [0.4, 0.5) is 10.1 Å². The number of hydrogen-bond acceptors (Lipinski definition) is 4. The van der Waals surface area contributed by atoms with Crippen LogP contribution in [-0.2, 0) is 11.4 Å². The molecule has 25 heavy (non-hydrogen) atoms. The number of nitrogens with one attached hydrogen (secondary N) is 2. The van der Waals surface area contributed by atoms with Gasteiger partial charge in [0.2, 0.25) is 5.91 Å². The van der Waals surface area contributed by atoms with Crippen LogP contribution in [-0.4, -0.2) is 29.7 Å². The van der Waals surface area contributed by atoms with E-state index in [-0.39, 0.29) is 30.2 Å². The number of benzene rings is 2. The summed E-state index contributed by atoms with van der Waals surface area (Å²) in [5.74, 6) is 0.146. The summed E-state index contributed by atoms with van der Waals surface area (Å²) in [5.41, 5.74) is 1.48. The molecule has 0 aliphatic carbocycles. The van der Waals surface area contributed by atoms with Crippen molar-refractivity contribution in [1.29, 1.82) is 0 Å². The number of amides is 1. The summed E-state index contributed by atoms with van der Waals surface area (Å²) in [6, 6.07) is 12.8. The van der Waals surface area contributed by atoms with Gasteiger partial charge in [0, 0.05) is 18.3 Å². The van der Waals surface area contributed by atoms with Crippen LogP contribution in [0.25, 0.3) is 0 Å². The van der Waals surface area contributed by atoms with Gasteiger partial charge in [-0.05, 0) is 36.2 Å². The number of rotatable bonds is 5. The number of aliphatic hydroxyl groups is 1. The van der Waals surface area contributed by atoms with Crippen molar-refractivity contribution in [2.24, 2.45) is 0 Å². The fourth-order valence-corrected chi connectivity index (χ4v) is 2.56. The van der Waals surface area contributed by atoms with Crippen LogP contribution in [0.2, 0.25) is 0 Å². The summed E-state index contributed by atoms with van der Waals surface area (Å²) >= 11 is 0. The zero-order valence-corrected chi connectivity index (χ0v) is 14.3. The predicted molar refractivity (Wildman–Crippen MR) is 95.5 cm³/mol. The highest BCUT2D eigenvalue weighted by Gasteiger charge is 2.27. The number of carbonyl (C=O) groups excluding carboxylic acids is 1. The number of β-amino-alcohol motifs (C(OH)–C–C–N with tert-alkyl or cyclic N) is 1. The molecule has 0 spiro atoms. The van der Waals surface area contributed by atoms with Gasteiger partial charge in [0.15, 0.2) is 0 Å². The molecule has 0 bridgehead atoms. The van der Waals surface area contributed by atoms with Crippen LogP contribution in [0.3, 0.4) is 0 Å². The number of halogens is 2. The van der Waals surface area contributed by atoms with E-state index >= 15 is 0 Å². The molecule has 2 aromatic carbocycles. The first-order valence-corrected chi connectivity index (χ1v) is 7.80. The molecule has 5 nitrogen and oxygen atoms in total. The molecule has 1 aliphatic rings. The Morgan fingerprint density at radius 3 is 2.72 bits per heavy atom. The van der Waals surface area contributed by atoms with E-state index in [1.54, 1.807) is 36.4 Å². The minimum absolute atomic E-state index is 0. The maximum absolute atomic E-state index is 12.9. The number of carbonyl (C=O) groups is 1. The van der Waals surface area contributed by atoms with Gasteiger partial charge in [-0.2, -0.15) is 0 Å². The van der Waals surface area contributed by atoms with Gasteiger partial charge in [0.05, 0.1) is 12.1 Å². The van der Waals surface area contributed by atoms with Gasteiger partial charge in [-0.25, -0.2) is 4.39 Å².